The van der Waals surface area contributed by atoms with E-state index in [0.29, 0.717) is 27.3 Å². The quantitative estimate of drug-likeness (QED) is 0.825. The molecule has 0 N–H and O–H groups in total. The van der Waals surface area contributed by atoms with Gasteiger partial charge in [-0.05, 0) is 36.4 Å². The molecule has 2 aromatic rings. The summed E-state index contributed by atoms with van der Waals surface area (Å²) in [5.41, 5.74) is 0.624. The molecule has 0 spiro atoms. The average molecular weight is 365 g/mol. The number of amides is 1. The highest BCUT2D eigenvalue weighted by Gasteiger charge is 2.33. The van der Waals surface area contributed by atoms with E-state index < -0.39 is 6.23 Å². The summed E-state index contributed by atoms with van der Waals surface area (Å²) in [7, 11) is 0. The van der Waals surface area contributed by atoms with Crippen LogP contribution in [0.2, 0.25) is 10.0 Å². The Kier molecular flexibility index (Phi) is 4.92. The number of hydrogen-bond acceptors (Lipinski definition) is 4. The van der Waals surface area contributed by atoms with Crippen LogP contribution in [0.5, 0.6) is 5.75 Å². The van der Waals surface area contributed by atoms with Gasteiger partial charge in [0, 0.05) is 11.9 Å². The zero-order chi connectivity index (χ0) is 17.1. The Bertz CT molecular complexity index is 778. The molecule has 1 amide bonds. The Morgan fingerprint density at radius 1 is 1.21 bits per heavy atom. The maximum atomic E-state index is 11.8. The fraction of sp³-hybridized carbons (Fsp3) is 0.176. The van der Waals surface area contributed by atoms with E-state index in [4.69, 9.17) is 32.7 Å². The van der Waals surface area contributed by atoms with Crippen molar-refractivity contribution >= 4 is 35.0 Å². The van der Waals surface area contributed by atoms with Crippen molar-refractivity contribution in [3.8, 4) is 5.75 Å². The molecule has 7 heteroatoms. The Morgan fingerprint density at radius 3 is 2.58 bits per heavy atom. The summed E-state index contributed by atoms with van der Waals surface area (Å²) >= 11 is 12.0. The summed E-state index contributed by atoms with van der Waals surface area (Å²) in [6.07, 6.45) is -0.663. The van der Waals surface area contributed by atoms with Crippen LogP contribution in [0, 0.1) is 0 Å². The van der Waals surface area contributed by atoms with Crippen LogP contribution in [0.15, 0.2) is 53.6 Å². The molecular formula is C17H14Cl2N2O3. The Hall–Kier alpha value is -2.24. The van der Waals surface area contributed by atoms with Crippen molar-refractivity contribution in [3.63, 3.8) is 0 Å². The third kappa shape index (κ3) is 3.63. The number of ether oxygens (including phenoxy) is 2. The summed E-state index contributed by atoms with van der Waals surface area (Å²) in [6.45, 7) is 1.54. The van der Waals surface area contributed by atoms with E-state index >= 15 is 0 Å². The highest BCUT2D eigenvalue weighted by Crippen LogP contribution is 2.24. The molecule has 2 aromatic carbocycles. The molecule has 24 heavy (non-hydrogen) atoms. The highest BCUT2D eigenvalue weighted by molar-refractivity contribution is 6.33. The first kappa shape index (κ1) is 16.6. The standard InChI is InChI=1S/C17H14Cl2N2O3/c1-11(22)21-16(10-23-13-8-6-12(18)7-9-13)24-17(20-21)14-4-2-3-5-15(14)19/h2-9,16H,10H2,1H3. The fourth-order valence-corrected chi connectivity index (χ4v) is 2.54. The molecule has 1 unspecified atom stereocenters. The second-order valence-corrected chi connectivity index (χ2v) is 5.93. The van der Waals surface area contributed by atoms with E-state index in [1.54, 1.807) is 36.4 Å². The average Bonchev–Trinajstić information content (AvgIpc) is 2.99. The summed E-state index contributed by atoms with van der Waals surface area (Å²) in [5.74, 6) is 0.667. The number of hydrogen-bond donors (Lipinski definition) is 0. The molecule has 0 saturated heterocycles. The van der Waals surface area contributed by atoms with Crippen molar-refractivity contribution in [2.24, 2.45) is 5.10 Å². The van der Waals surface area contributed by atoms with Crippen LogP contribution >= 0.6 is 23.2 Å². The zero-order valence-corrected chi connectivity index (χ0v) is 14.3. The molecule has 0 radical (unpaired) electrons. The van der Waals surface area contributed by atoms with E-state index in [9.17, 15) is 4.79 Å². The minimum atomic E-state index is -0.663. The molecule has 0 aliphatic carbocycles. The number of carbonyl (C=O) groups excluding carboxylic acids is 1. The van der Waals surface area contributed by atoms with Gasteiger partial charge in [0.1, 0.15) is 12.4 Å². The van der Waals surface area contributed by atoms with Gasteiger partial charge in [0.25, 0.3) is 0 Å². The number of hydrazone groups is 1. The predicted molar refractivity (Wildman–Crippen MR) is 92.3 cm³/mol. The largest absolute Gasteiger partial charge is 0.488 e. The monoisotopic (exact) mass is 364 g/mol. The molecule has 3 rings (SSSR count). The van der Waals surface area contributed by atoms with Gasteiger partial charge in [0.05, 0.1) is 10.6 Å². The van der Waals surface area contributed by atoms with Gasteiger partial charge in [-0.25, -0.2) is 0 Å². The molecule has 1 aliphatic rings. The van der Waals surface area contributed by atoms with E-state index in [1.807, 2.05) is 12.1 Å². The van der Waals surface area contributed by atoms with Gasteiger partial charge >= 0.3 is 0 Å². The zero-order valence-electron chi connectivity index (χ0n) is 12.8. The lowest BCUT2D eigenvalue weighted by Gasteiger charge is -2.19. The first-order chi connectivity index (χ1) is 11.5. The fourth-order valence-electron chi connectivity index (χ4n) is 2.19. The van der Waals surface area contributed by atoms with Crippen LogP contribution in [0.1, 0.15) is 12.5 Å². The number of halogens is 2. The van der Waals surface area contributed by atoms with Crippen molar-refractivity contribution in [3.05, 3.63) is 64.1 Å². The molecule has 0 saturated carbocycles. The van der Waals surface area contributed by atoms with E-state index in [2.05, 4.69) is 5.10 Å². The van der Waals surface area contributed by atoms with E-state index in [0.717, 1.165) is 0 Å². The van der Waals surface area contributed by atoms with Gasteiger partial charge in [-0.1, -0.05) is 35.3 Å². The lowest BCUT2D eigenvalue weighted by atomic mass is 10.2. The minimum absolute atomic E-state index is 0.124. The summed E-state index contributed by atoms with van der Waals surface area (Å²) in [6, 6.07) is 14.1. The minimum Gasteiger partial charge on any atom is -0.488 e. The normalized spacial score (nSPS) is 16.5. The van der Waals surface area contributed by atoms with Crippen LogP contribution in [0.4, 0.5) is 0 Å². The van der Waals surface area contributed by atoms with Gasteiger partial charge < -0.3 is 9.47 Å². The van der Waals surface area contributed by atoms with Crippen LogP contribution < -0.4 is 4.74 Å². The number of carbonyl (C=O) groups is 1. The van der Waals surface area contributed by atoms with E-state index in [-0.39, 0.29) is 12.5 Å². The van der Waals surface area contributed by atoms with Crippen LogP contribution in [-0.4, -0.2) is 29.6 Å². The summed E-state index contributed by atoms with van der Waals surface area (Å²) in [4.78, 5) is 11.8. The first-order valence-corrected chi connectivity index (χ1v) is 7.98. The molecular weight excluding hydrogens is 351 g/mol. The van der Waals surface area contributed by atoms with Crippen molar-refractivity contribution in [1.82, 2.24) is 5.01 Å². The molecule has 1 aliphatic heterocycles. The molecule has 0 aromatic heterocycles. The van der Waals surface area contributed by atoms with Crippen molar-refractivity contribution < 1.29 is 14.3 Å². The van der Waals surface area contributed by atoms with Gasteiger partial charge in [0.15, 0.2) is 0 Å². The van der Waals surface area contributed by atoms with Gasteiger partial charge in [0.2, 0.25) is 18.0 Å². The third-order valence-corrected chi connectivity index (χ3v) is 3.93. The second-order valence-electron chi connectivity index (χ2n) is 5.09. The smallest absolute Gasteiger partial charge is 0.243 e. The van der Waals surface area contributed by atoms with Crippen molar-refractivity contribution in [1.29, 1.82) is 0 Å². The Labute approximate surface area is 149 Å². The lowest BCUT2D eigenvalue weighted by Crippen LogP contribution is -2.36. The van der Waals surface area contributed by atoms with E-state index in [1.165, 1.54) is 11.9 Å². The Balaban J connectivity index is 1.73. The maximum absolute atomic E-state index is 11.8. The predicted octanol–water partition coefficient (Wildman–Crippen LogP) is 3.94. The molecule has 1 heterocycles. The molecule has 0 fully saturated rings. The summed E-state index contributed by atoms with van der Waals surface area (Å²) in [5, 5.41) is 6.58. The number of nitrogens with zero attached hydrogens (tertiary/aromatic N) is 2. The van der Waals surface area contributed by atoms with Gasteiger partial charge in [-0.2, -0.15) is 5.01 Å². The maximum Gasteiger partial charge on any atom is 0.243 e. The third-order valence-electron chi connectivity index (χ3n) is 3.35. The Morgan fingerprint density at radius 2 is 1.92 bits per heavy atom. The highest BCUT2D eigenvalue weighted by atomic mass is 35.5. The number of rotatable bonds is 4. The van der Waals surface area contributed by atoms with Crippen LogP contribution in [-0.2, 0) is 9.53 Å². The lowest BCUT2D eigenvalue weighted by molar-refractivity contribution is -0.136. The summed E-state index contributed by atoms with van der Waals surface area (Å²) < 4.78 is 11.4. The molecule has 124 valence electrons. The molecule has 1 atom stereocenters. The van der Waals surface area contributed by atoms with Crippen molar-refractivity contribution in [2.75, 3.05) is 6.61 Å². The SMILES string of the molecule is CC(=O)N1N=C(c2ccccc2Cl)OC1COc1ccc(Cl)cc1. The molecule has 5 nitrogen and oxygen atoms in total. The topological polar surface area (TPSA) is 51.1 Å². The van der Waals surface area contributed by atoms with Gasteiger partial charge in [-0.3, -0.25) is 4.79 Å². The van der Waals surface area contributed by atoms with Crippen LogP contribution in [0.25, 0.3) is 0 Å². The number of benzene rings is 2. The molecule has 0 bridgehead atoms. The second kappa shape index (κ2) is 7.11. The van der Waals surface area contributed by atoms with Crippen LogP contribution in [0.3, 0.4) is 0 Å². The first-order valence-electron chi connectivity index (χ1n) is 7.23. The van der Waals surface area contributed by atoms with Crippen molar-refractivity contribution in [2.45, 2.75) is 13.2 Å². The van der Waals surface area contributed by atoms with Gasteiger partial charge in [-0.15, -0.1) is 5.10 Å².